The van der Waals surface area contributed by atoms with Gasteiger partial charge in [0.15, 0.2) is 0 Å². The van der Waals surface area contributed by atoms with E-state index in [9.17, 15) is 5.11 Å². The summed E-state index contributed by atoms with van der Waals surface area (Å²) >= 11 is 1.67. The molecule has 1 unspecified atom stereocenters. The number of aliphatic hydroxyl groups is 1. The van der Waals surface area contributed by atoms with Gasteiger partial charge >= 0.3 is 0 Å². The van der Waals surface area contributed by atoms with Gasteiger partial charge in [-0.1, -0.05) is 26.8 Å². The SMILES string of the molecule is COc1cc(C)cc(C)c1C(O)c1ccc(C(C)(C)C)s1. The molecule has 114 valence electrons. The summed E-state index contributed by atoms with van der Waals surface area (Å²) < 4.78 is 5.47. The topological polar surface area (TPSA) is 29.5 Å². The average Bonchev–Trinajstić information content (AvgIpc) is 2.86. The summed E-state index contributed by atoms with van der Waals surface area (Å²) in [5.41, 5.74) is 3.17. The predicted octanol–water partition coefficient (Wildman–Crippen LogP) is 4.75. The Kier molecular flexibility index (Phi) is 4.45. The van der Waals surface area contributed by atoms with Crippen LogP contribution >= 0.6 is 11.3 Å². The Hall–Kier alpha value is -1.32. The first-order chi connectivity index (χ1) is 9.74. The number of aryl methyl sites for hydroxylation is 2. The first-order valence-corrected chi connectivity index (χ1v) is 7.99. The normalized spacial score (nSPS) is 13.3. The molecule has 1 atom stereocenters. The lowest BCUT2D eigenvalue weighted by atomic mass is 9.95. The highest BCUT2D eigenvalue weighted by Gasteiger charge is 2.23. The van der Waals surface area contributed by atoms with Crippen LogP contribution in [0.3, 0.4) is 0 Å². The van der Waals surface area contributed by atoms with Crippen molar-refractivity contribution in [2.75, 3.05) is 7.11 Å². The molecule has 0 saturated carbocycles. The van der Waals surface area contributed by atoms with Gasteiger partial charge in [-0.25, -0.2) is 0 Å². The molecule has 0 radical (unpaired) electrons. The maximum absolute atomic E-state index is 10.8. The van der Waals surface area contributed by atoms with Crippen LogP contribution in [0.25, 0.3) is 0 Å². The zero-order valence-corrected chi connectivity index (χ0v) is 14.5. The van der Waals surface area contributed by atoms with Crippen LogP contribution < -0.4 is 4.74 Å². The highest BCUT2D eigenvalue weighted by molar-refractivity contribution is 7.12. The van der Waals surface area contributed by atoms with Crippen molar-refractivity contribution in [2.24, 2.45) is 0 Å². The molecule has 1 aromatic heterocycles. The second kappa shape index (κ2) is 5.82. The van der Waals surface area contributed by atoms with Gasteiger partial charge in [-0.2, -0.15) is 0 Å². The van der Waals surface area contributed by atoms with Crippen LogP contribution in [-0.4, -0.2) is 12.2 Å². The Balaban J connectivity index is 2.45. The number of ether oxygens (including phenoxy) is 1. The summed E-state index contributed by atoms with van der Waals surface area (Å²) in [5.74, 6) is 0.755. The van der Waals surface area contributed by atoms with E-state index in [0.29, 0.717) is 0 Å². The van der Waals surface area contributed by atoms with Crippen molar-refractivity contribution in [3.8, 4) is 5.75 Å². The molecule has 1 N–H and O–H groups in total. The molecule has 0 bridgehead atoms. The number of benzene rings is 1. The number of rotatable bonds is 3. The van der Waals surface area contributed by atoms with Crippen LogP contribution in [0.15, 0.2) is 24.3 Å². The fourth-order valence-electron chi connectivity index (χ4n) is 2.50. The zero-order valence-electron chi connectivity index (χ0n) is 13.7. The third kappa shape index (κ3) is 3.30. The summed E-state index contributed by atoms with van der Waals surface area (Å²) in [7, 11) is 1.65. The van der Waals surface area contributed by atoms with Crippen LogP contribution in [-0.2, 0) is 5.41 Å². The van der Waals surface area contributed by atoms with Crippen LogP contribution in [0.2, 0.25) is 0 Å². The van der Waals surface area contributed by atoms with Crippen molar-refractivity contribution >= 4 is 11.3 Å². The molecular formula is C18H24O2S. The molecule has 0 spiro atoms. The first kappa shape index (κ1) is 16.1. The lowest BCUT2D eigenvalue weighted by Gasteiger charge is -2.18. The molecule has 1 heterocycles. The van der Waals surface area contributed by atoms with Crippen molar-refractivity contribution < 1.29 is 9.84 Å². The maximum atomic E-state index is 10.8. The highest BCUT2D eigenvalue weighted by atomic mass is 32.1. The lowest BCUT2D eigenvalue weighted by Crippen LogP contribution is -2.08. The highest BCUT2D eigenvalue weighted by Crippen LogP contribution is 2.39. The molecule has 2 nitrogen and oxygen atoms in total. The molecule has 1 aromatic carbocycles. The van der Waals surface area contributed by atoms with Crippen molar-refractivity contribution in [2.45, 2.75) is 46.1 Å². The molecule has 0 fully saturated rings. The van der Waals surface area contributed by atoms with Gasteiger partial charge in [-0.15, -0.1) is 11.3 Å². The fourth-order valence-corrected chi connectivity index (χ4v) is 3.57. The van der Waals surface area contributed by atoms with Gasteiger partial charge in [-0.3, -0.25) is 0 Å². The van der Waals surface area contributed by atoms with E-state index < -0.39 is 6.10 Å². The maximum Gasteiger partial charge on any atom is 0.125 e. The standard InChI is InChI=1S/C18H24O2S/c1-11-9-12(2)16(13(10-11)20-6)17(19)14-7-8-15(21-14)18(3,4)5/h7-10,17,19H,1-6H3. The van der Waals surface area contributed by atoms with Gasteiger partial charge < -0.3 is 9.84 Å². The van der Waals surface area contributed by atoms with Gasteiger partial charge in [-0.05, 0) is 48.6 Å². The second-order valence-electron chi connectivity index (χ2n) is 6.55. The third-order valence-electron chi connectivity index (χ3n) is 3.62. The van der Waals surface area contributed by atoms with Crippen molar-refractivity contribution in [3.05, 3.63) is 50.7 Å². The monoisotopic (exact) mass is 304 g/mol. The molecule has 0 aliphatic rings. The second-order valence-corrected chi connectivity index (χ2v) is 7.67. The van der Waals surface area contributed by atoms with E-state index in [1.54, 1.807) is 18.4 Å². The molecule has 0 aliphatic heterocycles. The number of methoxy groups -OCH3 is 1. The van der Waals surface area contributed by atoms with Crippen LogP contribution in [0, 0.1) is 13.8 Å². The molecule has 0 amide bonds. The van der Waals surface area contributed by atoms with Gasteiger partial charge in [0.1, 0.15) is 11.9 Å². The molecular weight excluding hydrogens is 280 g/mol. The fraction of sp³-hybridized carbons (Fsp3) is 0.444. The predicted molar refractivity (Wildman–Crippen MR) is 89.5 cm³/mol. The molecule has 3 heteroatoms. The molecule has 0 aliphatic carbocycles. The van der Waals surface area contributed by atoms with E-state index in [0.717, 1.165) is 27.3 Å². The minimum Gasteiger partial charge on any atom is -0.496 e. The Morgan fingerprint density at radius 3 is 2.33 bits per heavy atom. The third-order valence-corrected chi connectivity index (χ3v) is 5.19. The van der Waals surface area contributed by atoms with Crippen LogP contribution in [0.1, 0.15) is 53.3 Å². The van der Waals surface area contributed by atoms with E-state index in [4.69, 9.17) is 4.74 Å². The van der Waals surface area contributed by atoms with Crippen molar-refractivity contribution in [1.82, 2.24) is 0 Å². The number of aliphatic hydroxyl groups excluding tert-OH is 1. The van der Waals surface area contributed by atoms with Gasteiger partial charge in [0, 0.05) is 15.3 Å². The van der Waals surface area contributed by atoms with Crippen molar-refractivity contribution in [3.63, 3.8) is 0 Å². The van der Waals surface area contributed by atoms with Gasteiger partial charge in [0.25, 0.3) is 0 Å². The molecule has 2 rings (SSSR count). The van der Waals surface area contributed by atoms with E-state index >= 15 is 0 Å². The average molecular weight is 304 g/mol. The molecule has 2 aromatic rings. The Morgan fingerprint density at radius 1 is 1.14 bits per heavy atom. The summed E-state index contributed by atoms with van der Waals surface area (Å²) in [5, 5.41) is 10.8. The van der Waals surface area contributed by atoms with Gasteiger partial charge in [0.2, 0.25) is 0 Å². The van der Waals surface area contributed by atoms with E-state index in [-0.39, 0.29) is 5.41 Å². The van der Waals surface area contributed by atoms with Crippen molar-refractivity contribution in [1.29, 1.82) is 0 Å². The minimum absolute atomic E-state index is 0.106. The molecule has 0 saturated heterocycles. The number of hydrogen-bond donors (Lipinski definition) is 1. The summed E-state index contributed by atoms with van der Waals surface area (Å²) in [4.78, 5) is 2.24. The number of hydrogen-bond acceptors (Lipinski definition) is 3. The van der Waals surface area contributed by atoms with Gasteiger partial charge in [0.05, 0.1) is 7.11 Å². The Morgan fingerprint density at radius 2 is 1.81 bits per heavy atom. The van der Waals surface area contributed by atoms with E-state index in [1.165, 1.54) is 4.88 Å². The summed E-state index contributed by atoms with van der Waals surface area (Å²) in [6, 6.07) is 8.19. The quantitative estimate of drug-likeness (QED) is 0.886. The number of thiophene rings is 1. The summed E-state index contributed by atoms with van der Waals surface area (Å²) in [6.45, 7) is 10.6. The summed E-state index contributed by atoms with van der Waals surface area (Å²) in [6.07, 6.45) is -0.637. The lowest BCUT2D eigenvalue weighted by molar-refractivity contribution is 0.217. The minimum atomic E-state index is -0.637. The first-order valence-electron chi connectivity index (χ1n) is 7.17. The largest absolute Gasteiger partial charge is 0.496 e. The van der Waals surface area contributed by atoms with E-state index in [2.05, 4.69) is 32.9 Å². The molecule has 21 heavy (non-hydrogen) atoms. The zero-order chi connectivity index (χ0) is 15.8. The Bertz CT molecular complexity index is 635. The smallest absolute Gasteiger partial charge is 0.125 e. The Labute approximate surface area is 131 Å². The van der Waals surface area contributed by atoms with Crippen LogP contribution in [0.4, 0.5) is 0 Å². The van der Waals surface area contributed by atoms with E-state index in [1.807, 2.05) is 26.0 Å². The van der Waals surface area contributed by atoms with Crippen LogP contribution in [0.5, 0.6) is 5.75 Å².